The number of benzene rings is 1. The van der Waals surface area contributed by atoms with Crippen molar-refractivity contribution >= 4 is 6.16 Å². The highest BCUT2D eigenvalue weighted by molar-refractivity contribution is 5.61. The molecule has 0 saturated heterocycles. The Morgan fingerprint density at radius 3 is 2.43 bits per heavy atom. The average molecular weight is 286 g/mol. The van der Waals surface area contributed by atoms with E-state index in [1.807, 2.05) is 30.3 Å². The van der Waals surface area contributed by atoms with E-state index in [0.29, 0.717) is 6.42 Å². The molecule has 0 N–H and O–H groups in total. The van der Waals surface area contributed by atoms with Crippen molar-refractivity contribution in [2.24, 2.45) is 0 Å². The van der Waals surface area contributed by atoms with E-state index in [1.54, 1.807) is 27.7 Å². The summed E-state index contributed by atoms with van der Waals surface area (Å²) in [5.74, 6) is 6.04. The lowest BCUT2D eigenvalue weighted by Crippen LogP contribution is -2.28. The SMILES string of the molecule is C=C(C)C(CC#Cc1ccccc1)OC(=O)OC(C)(C)C. The summed E-state index contributed by atoms with van der Waals surface area (Å²) in [4.78, 5) is 11.7. The fourth-order valence-corrected chi connectivity index (χ4v) is 1.47. The van der Waals surface area contributed by atoms with Crippen molar-refractivity contribution in [1.82, 2.24) is 0 Å². The van der Waals surface area contributed by atoms with Crippen LogP contribution in [0.15, 0.2) is 42.5 Å². The molecule has 1 unspecified atom stereocenters. The molecule has 0 aliphatic carbocycles. The molecule has 0 spiro atoms. The number of hydrogen-bond donors (Lipinski definition) is 0. The Balaban J connectivity index is 2.61. The van der Waals surface area contributed by atoms with Crippen molar-refractivity contribution in [3.63, 3.8) is 0 Å². The van der Waals surface area contributed by atoms with Crippen LogP contribution in [0.5, 0.6) is 0 Å². The van der Waals surface area contributed by atoms with Crippen LogP contribution in [0.2, 0.25) is 0 Å². The molecule has 0 aromatic heterocycles. The van der Waals surface area contributed by atoms with Crippen LogP contribution in [-0.4, -0.2) is 17.9 Å². The lowest BCUT2D eigenvalue weighted by atomic mass is 10.1. The topological polar surface area (TPSA) is 35.5 Å². The molecular weight excluding hydrogens is 264 g/mol. The van der Waals surface area contributed by atoms with E-state index in [0.717, 1.165) is 11.1 Å². The Morgan fingerprint density at radius 2 is 1.90 bits per heavy atom. The number of rotatable bonds is 3. The molecule has 0 aliphatic rings. The number of hydrogen-bond acceptors (Lipinski definition) is 3. The largest absolute Gasteiger partial charge is 0.509 e. The maximum absolute atomic E-state index is 11.7. The molecule has 1 atom stereocenters. The van der Waals surface area contributed by atoms with Gasteiger partial charge in [-0.3, -0.25) is 0 Å². The van der Waals surface area contributed by atoms with Crippen LogP contribution < -0.4 is 0 Å². The van der Waals surface area contributed by atoms with Crippen molar-refractivity contribution in [2.75, 3.05) is 0 Å². The van der Waals surface area contributed by atoms with Crippen LogP contribution in [0.4, 0.5) is 4.79 Å². The van der Waals surface area contributed by atoms with E-state index in [4.69, 9.17) is 9.47 Å². The smallest absolute Gasteiger partial charge is 0.429 e. The standard InChI is InChI=1S/C18H22O3/c1-14(2)16(20-17(19)21-18(3,4)5)13-9-12-15-10-7-6-8-11-15/h6-8,10-11,16H,1,13H2,2-5H3. The average Bonchev–Trinajstić information content (AvgIpc) is 2.36. The molecule has 3 nitrogen and oxygen atoms in total. The Morgan fingerprint density at radius 1 is 1.29 bits per heavy atom. The Hall–Kier alpha value is -2.21. The maximum atomic E-state index is 11.7. The maximum Gasteiger partial charge on any atom is 0.509 e. The molecule has 1 rings (SSSR count). The zero-order chi connectivity index (χ0) is 15.9. The zero-order valence-electron chi connectivity index (χ0n) is 13.1. The van der Waals surface area contributed by atoms with Gasteiger partial charge in [0, 0.05) is 5.56 Å². The van der Waals surface area contributed by atoms with Gasteiger partial charge in [0.15, 0.2) is 0 Å². The van der Waals surface area contributed by atoms with Crippen molar-refractivity contribution in [1.29, 1.82) is 0 Å². The van der Waals surface area contributed by atoms with Crippen LogP contribution >= 0.6 is 0 Å². The summed E-state index contributed by atoms with van der Waals surface area (Å²) in [6, 6.07) is 9.65. The minimum absolute atomic E-state index is 0.392. The quantitative estimate of drug-likeness (QED) is 0.471. The van der Waals surface area contributed by atoms with Gasteiger partial charge in [0.05, 0.1) is 6.42 Å². The first-order valence-electron chi connectivity index (χ1n) is 6.87. The highest BCUT2D eigenvalue weighted by Gasteiger charge is 2.21. The van der Waals surface area contributed by atoms with Gasteiger partial charge in [-0.2, -0.15) is 0 Å². The molecule has 0 heterocycles. The highest BCUT2D eigenvalue weighted by atomic mass is 16.7. The van der Waals surface area contributed by atoms with Crippen molar-refractivity contribution in [3.05, 3.63) is 48.0 Å². The van der Waals surface area contributed by atoms with Crippen LogP contribution in [-0.2, 0) is 9.47 Å². The van der Waals surface area contributed by atoms with Gasteiger partial charge in [0.1, 0.15) is 11.7 Å². The summed E-state index contributed by atoms with van der Waals surface area (Å²) in [5.41, 5.74) is 1.09. The molecule has 0 radical (unpaired) electrons. The van der Waals surface area contributed by atoms with Gasteiger partial charge in [0.25, 0.3) is 0 Å². The molecule has 0 amide bonds. The first-order valence-corrected chi connectivity index (χ1v) is 6.87. The fraction of sp³-hybridized carbons (Fsp3) is 0.389. The van der Waals surface area contributed by atoms with E-state index in [9.17, 15) is 4.79 Å². The number of ether oxygens (including phenoxy) is 2. The third kappa shape index (κ3) is 7.22. The van der Waals surface area contributed by atoms with Gasteiger partial charge in [-0.25, -0.2) is 4.79 Å². The second kappa shape index (κ2) is 7.54. The lowest BCUT2D eigenvalue weighted by Gasteiger charge is -2.22. The highest BCUT2D eigenvalue weighted by Crippen LogP contribution is 2.13. The van der Waals surface area contributed by atoms with Gasteiger partial charge in [-0.05, 0) is 45.4 Å². The first kappa shape index (κ1) is 16.8. The van der Waals surface area contributed by atoms with Crippen LogP contribution in [0.3, 0.4) is 0 Å². The zero-order valence-corrected chi connectivity index (χ0v) is 13.1. The molecule has 0 saturated carbocycles. The molecule has 21 heavy (non-hydrogen) atoms. The van der Waals surface area contributed by atoms with E-state index in [1.165, 1.54) is 0 Å². The summed E-state index contributed by atoms with van der Waals surface area (Å²) < 4.78 is 10.4. The van der Waals surface area contributed by atoms with Crippen molar-refractivity contribution in [2.45, 2.75) is 45.8 Å². The van der Waals surface area contributed by atoms with Crippen LogP contribution in [0.25, 0.3) is 0 Å². The second-order valence-electron chi connectivity index (χ2n) is 5.79. The van der Waals surface area contributed by atoms with Gasteiger partial charge in [0.2, 0.25) is 0 Å². The van der Waals surface area contributed by atoms with Crippen molar-refractivity contribution < 1.29 is 14.3 Å². The minimum atomic E-state index is -0.697. The molecule has 0 fully saturated rings. The number of carbonyl (C=O) groups is 1. The van der Waals surface area contributed by atoms with Crippen LogP contribution in [0.1, 0.15) is 39.7 Å². The molecular formula is C18H22O3. The Kier molecular flexibility index (Phi) is 6.05. The van der Waals surface area contributed by atoms with E-state index < -0.39 is 17.9 Å². The van der Waals surface area contributed by atoms with Gasteiger partial charge < -0.3 is 9.47 Å². The summed E-state index contributed by atoms with van der Waals surface area (Å²) in [6.07, 6.45) is -0.767. The first-order chi connectivity index (χ1) is 9.78. The molecule has 1 aromatic carbocycles. The fourth-order valence-electron chi connectivity index (χ4n) is 1.47. The predicted octanol–water partition coefficient (Wildman–Crippen LogP) is 4.32. The summed E-state index contributed by atoms with van der Waals surface area (Å²) >= 11 is 0. The van der Waals surface area contributed by atoms with E-state index >= 15 is 0 Å². The third-order valence-electron chi connectivity index (χ3n) is 2.47. The molecule has 112 valence electrons. The normalized spacial score (nSPS) is 11.8. The second-order valence-corrected chi connectivity index (χ2v) is 5.79. The molecule has 0 aliphatic heterocycles. The van der Waals surface area contributed by atoms with Crippen molar-refractivity contribution in [3.8, 4) is 11.8 Å². The summed E-state index contributed by atoms with van der Waals surface area (Å²) in [5, 5.41) is 0. The Labute approximate surface area is 127 Å². The minimum Gasteiger partial charge on any atom is -0.429 e. The van der Waals surface area contributed by atoms with Gasteiger partial charge >= 0.3 is 6.16 Å². The van der Waals surface area contributed by atoms with Crippen LogP contribution in [0, 0.1) is 11.8 Å². The van der Waals surface area contributed by atoms with E-state index in [2.05, 4.69) is 18.4 Å². The van der Waals surface area contributed by atoms with E-state index in [-0.39, 0.29) is 0 Å². The molecule has 1 aromatic rings. The number of carbonyl (C=O) groups excluding carboxylic acids is 1. The summed E-state index contributed by atoms with van der Waals surface area (Å²) in [7, 11) is 0. The Bertz CT molecular complexity index is 541. The predicted molar refractivity (Wildman–Crippen MR) is 83.9 cm³/mol. The third-order valence-corrected chi connectivity index (χ3v) is 2.47. The van der Waals surface area contributed by atoms with Gasteiger partial charge in [-0.15, -0.1) is 0 Å². The monoisotopic (exact) mass is 286 g/mol. The summed E-state index contributed by atoms with van der Waals surface area (Å²) in [6.45, 7) is 11.0. The lowest BCUT2D eigenvalue weighted by molar-refractivity contribution is -0.0192. The molecule has 3 heteroatoms. The molecule has 0 bridgehead atoms. The van der Waals surface area contributed by atoms with Gasteiger partial charge in [-0.1, -0.05) is 36.6 Å².